The van der Waals surface area contributed by atoms with Crippen molar-refractivity contribution in [1.29, 1.82) is 0 Å². The molecule has 1 aromatic carbocycles. The molecule has 2 unspecified atom stereocenters. The van der Waals surface area contributed by atoms with Gasteiger partial charge in [0.1, 0.15) is 5.75 Å². The quantitative estimate of drug-likeness (QED) is 0.832. The Kier molecular flexibility index (Phi) is 5.16. The van der Waals surface area contributed by atoms with E-state index >= 15 is 0 Å². The first-order chi connectivity index (χ1) is 13.2. The van der Waals surface area contributed by atoms with Gasteiger partial charge in [0, 0.05) is 25.6 Å². The van der Waals surface area contributed by atoms with Crippen LogP contribution in [-0.2, 0) is 4.79 Å². The van der Waals surface area contributed by atoms with Crippen LogP contribution in [0.15, 0.2) is 41.8 Å². The Balaban J connectivity index is 1.54. The van der Waals surface area contributed by atoms with E-state index in [1.54, 1.807) is 7.11 Å². The SMILES string of the molecule is COc1ccc(C2CN(C(=O)c3cccs3)CC2C(=O)NCC2CC2)cc1. The molecule has 5 nitrogen and oxygen atoms in total. The van der Waals surface area contributed by atoms with Crippen molar-refractivity contribution in [3.63, 3.8) is 0 Å². The van der Waals surface area contributed by atoms with E-state index in [0.717, 1.165) is 22.7 Å². The first kappa shape index (κ1) is 18.0. The van der Waals surface area contributed by atoms with Crippen molar-refractivity contribution in [3.8, 4) is 5.75 Å². The number of nitrogens with one attached hydrogen (secondary N) is 1. The first-order valence-corrected chi connectivity index (χ1v) is 10.3. The van der Waals surface area contributed by atoms with Crippen molar-refractivity contribution in [2.24, 2.45) is 11.8 Å². The van der Waals surface area contributed by atoms with E-state index in [2.05, 4.69) is 5.32 Å². The monoisotopic (exact) mass is 384 g/mol. The minimum atomic E-state index is -0.221. The summed E-state index contributed by atoms with van der Waals surface area (Å²) < 4.78 is 5.24. The van der Waals surface area contributed by atoms with Crippen LogP contribution < -0.4 is 10.1 Å². The van der Waals surface area contributed by atoms with Gasteiger partial charge in [-0.2, -0.15) is 0 Å². The van der Waals surface area contributed by atoms with Gasteiger partial charge in [-0.25, -0.2) is 0 Å². The summed E-state index contributed by atoms with van der Waals surface area (Å²) in [6.07, 6.45) is 2.41. The van der Waals surface area contributed by atoms with Crippen LogP contribution in [0, 0.1) is 11.8 Å². The van der Waals surface area contributed by atoms with Gasteiger partial charge in [-0.05, 0) is 47.9 Å². The molecule has 1 aromatic heterocycles. The van der Waals surface area contributed by atoms with E-state index in [0.29, 0.717) is 19.0 Å². The number of nitrogens with zero attached hydrogens (tertiary/aromatic N) is 1. The van der Waals surface area contributed by atoms with E-state index in [9.17, 15) is 9.59 Å². The molecule has 2 aliphatic rings. The van der Waals surface area contributed by atoms with E-state index in [1.807, 2.05) is 46.7 Å². The van der Waals surface area contributed by atoms with Crippen molar-refractivity contribution in [3.05, 3.63) is 52.2 Å². The highest BCUT2D eigenvalue weighted by Crippen LogP contribution is 2.35. The number of rotatable bonds is 6. The van der Waals surface area contributed by atoms with Gasteiger partial charge in [-0.1, -0.05) is 18.2 Å². The van der Waals surface area contributed by atoms with Crippen LogP contribution in [0.2, 0.25) is 0 Å². The van der Waals surface area contributed by atoms with Gasteiger partial charge in [0.15, 0.2) is 0 Å². The highest BCUT2D eigenvalue weighted by Gasteiger charge is 2.41. The molecule has 2 aromatic rings. The average molecular weight is 385 g/mol. The van der Waals surface area contributed by atoms with Crippen LogP contribution in [-0.4, -0.2) is 43.5 Å². The predicted octanol–water partition coefficient (Wildman–Crippen LogP) is 3.14. The molecule has 6 heteroatoms. The molecule has 27 heavy (non-hydrogen) atoms. The summed E-state index contributed by atoms with van der Waals surface area (Å²) in [5.41, 5.74) is 1.07. The van der Waals surface area contributed by atoms with Gasteiger partial charge in [0.2, 0.25) is 5.91 Å². The number of likely N-dealkylation sites (tertiary alicyclic amines) is 1. The fourth-order valence-corrected chi connectivity index (χ4v) is 4.37. The third kappa shape index (κ3) is 4.00. The summed E-state index contributed by atoms with van der Waals surface area (Å²) in [7, 11) is 1.64. The minimum Gasteiger partial charge on any atom is -0.497 e. The molecule has 142 valence electrons. The van der Waals surface area contributed by atoms with Crippen molar-refractivity contribution < 1.29 is 14.3 Å². The lowest BCUT2D eigenvalue weighted by atomic mass is 9.88. The minimum absolute atomic E-state index is 0.000906. The van der Waals surface area contributed by atoms with Crippen LogP contribution in [0.3, 0.4) is 0 Å². The maximum absolute atomic E-state index is 12.9. The van der Waals surface area contributed by atoms with Crippen LogP contribution >= 0.6 is 11.3 Å². The second kappa shape index (κ2) is 7.72. The zero-order valence-electron chi connectivity index (χ0n) is 15.4. The number of carbonyl (C=O) groups excluding carboxylic acids is 2. The highest BCUT2D eigenvalue weighted by molar-refractivity contribution is 7.12. The summed E-state index contributed by atoms with van der Waals surface area (Å²) in [6.45, 7) is 1.78. The number of ether oxygens (including phenoxy) is 1. The number of hydrogen-bond donors (Lipinski definition) is 1. The van der Waals surface area contributed by atoms with Gasteiger partial charge in [0.25, 0.3) is 5.91 Å². The zero-order chi connectivity index (χ0) is 18.8. The zero-order valence-corrected chi connectivity index (χ0v) is 16.2. The van der Waals surface area contributed by atoms with Gasteiger partial charge >= 0.3 is 0 Å². The molecule has 2 atom stereocenters. The second-order valence-electron chi connectivity index (χ2n) is 7.36. The lowest BCUT2D eigenvalue weighted by Gasteiger charge is -2.18. The molecule has 2 fully saturated rings. The third-order valence-electron chi connectivity index (χ3n) is 5.48. The maximum atomic E-state index is 12.9. The molecule has 0 bridgehead atoms. The Morgan fingerprint density at radius 3 is 2.59 bits per heavy atom. The van der Waals surface area contributed by atoms with Gasteiger partial charge in [-0.3, -0.25) is 9.59 Å². The van der Waals surface area contributed by atoms with Gasteiger partial charge in [-0.15, -0.1) is 11.3 Å². The van der Waals surface area contributed by atoms with E-state index < -0.39 is 0 Å². The normalized spacial score (nSPS) is 21.9. The molecule has 1 saturated carbocycles. The first-order valence-electron chi connectivity index (χ1n) is 9.40. The summed E-state index contributed by atoms with van der Waals surface area (Å²) in [5, 5.41) is 5.01. The van der Waals surface area contributed by atoms with E-state index in [4.69, 9.17) is 4.74 Å². The molecular weight excluding hydrogens is 360 g/mol. The molecule has 1 aliphatic heterocycles. The lowest BCUT2D eigenvalue weighted by Crippen LogP contribution is -2.36. The third-order valence-corrected chi connectivity index (χ3v) is 6.34. The topological polar surface area (TPSA) is 58.6 Å². The number of thiophene rings is 1. The summed E-state index contributed by atoms with van der Waals surface area (Å²) >= 11 is 1.44. The largest absolute Gasteiger partial charge is 0.497 e. The van der Waals surface area contributed by atoms with Gasteiger partial charge in [0.05, 0.1) is 17.9 Å². The fraction of sp³-hybridized carbons (Fsp3) is 0.429. The lowest BCUT2D eigenvalue weighted by molar-refractivity contribution is -0.125. The molecule has 0 radical (unpaired) electrons. The maximum Gasteiger partial charge on any atom is 0.263 e. The second-order valence-corrected chi connectivity index (χ2v) is 8.31. The number of benzene rings is 1. The van der Waals surface area contributed by atoms with E-state index in [-0.39, 0.29) is 23.7 Å². The van der Waals surface area contributed by atoms with Crippen LogP contribution in [0.1, 0.15) is 34.0 Å². The Labute approximate surface area is 163 Å². The molecule has 4 rings (SSSR count). The van der Waals surface area contributed by atoms with Crippen LogP contribution in [0.5, 0.6) is 5.75 Å². The molecule has 1 aliphatic carbocycles. The Morgan fingerprint density at radius 1 is 1.19 bits per heavy atom. The molecule has 1 saturated heterocycles. The molecule has 0 spiro atoms. The number of carbonyl (C=O) groups is 2. The molecule has 2 heterocycles. The molecule has 1 N–H and O–H groups in total. The fourth-order valence-electron chi connectivity index (χ4n) is 3.68. The van der Waals surface area contributed by atoms with Crippen molar-refractivity contribution in [2.45, 2.75) is 18.8 Å². The van der Waals surface area contributed by atoms with Crippen molar-refractivity contribution in [2.75, 3.05) is 26.7 Å². The smallest absolute Gasteiger partial charge is 0.263 e. The summed E-state index contributed by atoms with van der Waals surface area (Å²) in [5.74, 6) is 1.28. The predicted molar refractivity (Wildman–Crippen MR) is 105 cm³/mol. The van der Waals surface area contributed by atoms with E-state index in [1.165, 1.54) is 24.2 Å². The average Bonchev–Trinajstić information content (AvgIpc) is 3.19. The molecule has 2 amide bonds. The highest BCUT2D eigenvalue weighted by atomic mass is 32.1. The molecular formula is C21H24N2O3S. The Hall–Kier alpha value is -2.34. The summed E-state index contributed by atoms with van der Waals surface area (Å²) in [4.78, 5) is 28.2. The number of methoxy groups -OCH3 is 1. The Bertz CT molecular complexity index is 799. The van der Waals surface area contributed by atoms with Gasteiger partial charge < -0.3 is 15.0 Å². The van der Waals surface area contributed by atoms with Crippen molar-refractivity contribution >= 4 is 23.2 Å². The van der Waals surface area contributed by atoms with Crippen LogP contribution in [0.25, 0.3) is 0 Å². The van der Waals surface area contributed by atoms with Crippen LogP contribution in [0.4, 0.5) is 0 Å². The number of hydrogen-bond acceptors (Lipinski definition) is 4. The number of amides is 2. The Morgan fingerprint density at radius 2 is 1.96 bits per heavy atom. The summed E-state index contributed by atoms with van der Waals surface area (Å²) in [6, 6.07) is 11.6. The van der Waals surface area contributed by atoms with Crippen molar-refractivity contribution in [1.82, 2.24) is 10.2 Å². The standard InChI is InChI=1S/C21H24N2O3S/c1-26-16-8-6-15(7-9-16)17-12-23(21(25)19-3-2-10-27-19)13-18(17)20(24)22-11-14-4-5-14/h2-3,6-10,14,17-18H,4-5,11-13H2,1H3,(H,22,24).